The van der Waals surface area contributed by atoms with Gasteiger partial charge in [-0.15, -0.1) is 0 Å². The van der Waals surface area contributed by atoms with Crippen molar-refractivity contribution in [1.29, 1.82) is 5.41 Å². The molecule has 0 spiro atoms. The maximum atomic E-state index is 12.6. The highest BCUT2D eigenvalue weighted by Gasteiger charge is 2.17. The van der Waals surface area contributed by atoms with Gasteiger partial charge in [0.25, 0.3) is 0 Å². The SMILES string of the molecule is Cc1nn(-c2ccccc2)c(C)c1NC(=O)CNC(=O)Cc1c(C)[nH]c2cc(C(=N)N)ccc12. The summed E-state index contributed by atoms with van der Waals surface area (Å²) in [5.41, 5.74) is 11.7. The topological polar surface area (TPSA) is 142 Å². The fourth-order valence-electron chi connectivity index (χ4n) is 4.02. The fourth-order valence-corrected chi connectivity index (χ4v) is 4.02. The number of H-pyrrole nitrogens is 1. The van der Waals surface area contributed by atoms with Gasteiger partial charge >= 0.3 is 0 Å². The third-order valence-corrected chi connectivity index (χ3v) is 5.77. The lowest BCUT2D eigenvalue weighted by Gasteiger charge is -2.09. The number of nitrogens with zero attached hydrogens (tertiary/aromatic N) is 2. The van der Waals surface area contributed by atoms with Crippen LogP contribution in [-0.2, 0) is 16.0 Å². The van der Waals surface area contributed by atoms with Crippen LogP contribution in [0.15, 0.2) is 48.5 Å². The third-order valence-electron chi connectivity index (χ3n) is 5.77. The van der Waals surface area contributed by atoms with Gasteiger partial charge in [-0.05, 0) is 44.5 Å². The minimum absolute atomic E-state index is 0.0146. The van der Waals surface area contributed by atoms with Gasteiger partial charge in [-0.1, -0.05) is 30.3 Å². The van der Waals surface area contributed by atoms with Crippen molar-refractivity contribution in [3.63, 3.8) is 0 Å². The Bertz CT molecular complexity index is 1400. The Balaban J connectivity index is 1.40. The van der Waals surface area contributed by atoms with Gasteiger partial charge in [0.05, 0.1) is 35.7 Å². The number of nitrogen functional groups attached to an aromatic ring is 1. The molecule has 0 saturated carbocycles. The number of nitrogens with two attached hydrogens (primary N) is 1. The molecule has 0 saturated heterocycles. The van der Waals surface area contributed by atoms with Crippen molar-refractivity contribution in [3.8, 4) is 5.69 Å². The second kappa shape index (κ2) is 9.22. The van der Waals surface area contributed by atoms with Gasteiger partial charge in [0.15, 0.2) is 0 Å². The molecule has 6 N–H and O–H groups in total. The number of aromatic nitrogens is 3. The molecule has 4 rings (SSSR count). The molecule has 0 aliphatic heterocycles. The summed E-state index contributed by atoms with van der Waals surface area (Å²) in [6.45, 7) is 5.46. The van der Waals surface area contributed by atoms with Crippen LogP contribution < -0.4 is 16.4 Å². The van der Waals surface area contributed by atoms with Crippen molar-refractivity contribution >= 4 is 34.2 Å². The lowest BCUT2D eigenvalue weighted by molar-refractivity contribution is -0.123. The first-order valence-electron chi connectivity index (χ1n) is 10.9. The summed E-state index contributed by atoms with van der Waals surface area (Å²) in [4.78, 5) is 28.4. The number of carbonyl (C=O) groups is 2. The monoisotopic (exact) mass is 457 g/mol. The second-order valence-electron chi connectivity index (χ2n) is 8.20. The zero-order chi connectivity index (χ0) is 24.4. The minimum atomic E-state index is -0.325. The maximum absolute atomic E-state index is 12.6. The van der Waals surface area contributed by atoms with E-state index in [-0.39, 0.29) is 30.6 Å². The van der Waals surface area contributed by atoms with Crippen molar-refractivity contribution in [2.75, 3.05) is 11.9 Å². The molecule has 2 aromatic heterocycles. The number of aryl methyl sites for hydroxylation is 2. The number of nitrogens with one attached hydrogen (secondary N) is 4. The van der Waals surface area contributed by atoms with Crippen LogP contribution in [0.1, 0.15) is 28.2 Å². The van der Waals surface area contributed by atoms with Crippen LogP contribution in [0.25, 0.3) is 16.6 Å². The highest BCUT2D eigenvalue weighted by molar-refractivity contribution is 6.00. The number of hydrogen-bond acceptors (Lipinski definition) is 4. The predicted molar refractivity (Wildman–Crippen MR) is 132 cm³/mol. The third kappa shape index (κ3) is 4.54. The van der Waals surface area contributed by atoms with Gasteiger partial charge < -0.3 is 21.4 Å². The number of fused-ring (bicyclic) bond motifs is 1. The summed E-state index contributed by atoms with van der Waals surface area (Å²) in [6.07, 6.45) is 0.128. The first-order chi connectivity index (χ1) is 16.2. The summed E-state index contributed by atoms with van der Waals surface area (Å²) < 4.78 is 1.78. The van der Waals surface area contributed by atoms with E-state index in [4.69, 9.17) is 11.1 Å². The summed E-state index contributed by atoms with van der Waals surface area (Å²) in [7, 11) is 0. The molecular formula is C25H27N7O2. The second-order valence-corrected chi connectivity index (χ2v) is 8.20. The minimum Gasteiger partial charge on any atom is -0.384 e. The van der Waals surface area contributed by atoms with E-state index in [1.807, 2.05) is 57.2 Å². The molecule has 9 heteroatoms. The van der Waals surface area contributed by atoms with Crippen LogP contribution in [0.3, 0.4) is 0 Å². The Labute approximate surface area is 196 Å². The van der Waals surface area contributed by atoms with E-state index in [0.717, 1.165) is 33.5 Å². The number of rotatable bonds is 7. The number of carbonyl (C=O) groups excluding carboxylic acids is 2. The summed E-state index contributed by atoms with van der Waals surface area (Å²) in [6, 6.07) is 15.1. The number of benzene rings is 2. The number of aromatic amines is 1. The summed E-state index contributed by atoms with van der Waals surface area (Å²) in [5.74, 6) is -0.601. The Morgan fingerprint density at radius 1 is 1.09 bits per heavy atom. The first kappa shape index (κ1) is 22.8. The van der Waals surface area contributed by atoms with Crippen molar-refractivity contribution in [2.24, 2.45) is 5.73 Å². The van der Waals surface area contributed by atoms with Gasteiger partial charge in [0, 0.05) is 22.2 Å². The Hall–Kier alpha value is -4.40. The van der Waals surface area contributed by atoms with Crippen LogP contribution in [0.5, 0.6) is 0 Å². The molecule has 0 unspecified atom stereocenters. The van der Waals surface area contributed by atoms with E-state index in [2.05, 4.69) is 20.7 Å². The quantitative estimate of drug-likeness (QED) is 0.215. The van der Waals surface area contributed by atoms with Crippen molar-refractivity contribution in [2.45, 2.75) is 27.2 Å². The number of amidine groups is 1. The largest absolute Gasteiger partial charge is 0.384 e. The summed E-state index contributed by atoms with van der Waals surface area (Å²) >= 11 is 0. The smallest absolute Gasteiger partial charge is 0.243 e. The summed E-state index contributed by atoms with van der Waals surface area (Å²) in [5, 5.41) is 18.6. The molecule has 2 heterocycles. The highest BCUT2D eigenvalue weighted by atomic mass is 16.2. The maximum Gasteiger partial charge on any atom is 0.243 e. The molecule has 0 aliphatic rings. The van der Waals surface area contributed by atoms with Crippen LogP contribution in [-0.4, -0.2) is 39.0 Å². The van der Waals surface area contributed by atoms with E-state index < -0.39 is 0 Å². The Kier molecular flexibility index (Phi) is 6.18. The highest BCUT2D eigenvalue weighted by Crippen LogP contribution is 2.24. The van der Waals surface area contributed by atoms with Crippen LogP contribution in [0.4, 0.5) is 5.69 Å². The molecule has 4 aromatic rings. The van der Waals surface area contributed by atoms with Gasteiger partial charge in [-0.3, -0.25) is 15.0 Å². The number of anilines is 1. The molecule has 2 aromatic carbocycles. The van der Waals surface area contributed by atoms with E-state index in [9.17, 15) is 9.59 Å². The molecule has 9 nitrogen and oxygen atoms in total. The number of hydrogen-bond donors (Lipinski definition) is 5. The van der Waals surface area contributed by atoms with Gasteiger partial charge in [-0.25, -0.2) is 4.68 Å². The standard InChI is InChI=1S/C25H27N7O2/c1-14-20(19-10-9-17(25(26)27)11-21(19)29-14)12-22(33)28-13-23(34)30-24-15(2)31-32(16(24)3)18-7-5-4-6-8-18/h4-11,29H,12-13H2,1-3H3,(H3,26,27)(H,28,33)(H,30,34). The number of para-hydroxylation sites is 1. The van der Waals surface area contributed by atoms with Gasteiger partial charge in [0.2, 0.25) is 11.8 Å². The van der Waals surface area contributed by atoms with E-state index in [0.29, 0.717) is 16.9 Å². The molecular weight excluding hydrogens is 430 g/mol. The fraction of sp³-hybridized carbons (Fsp3) is 0.200. The number of amides is 2. The Morgan fingerprint density at radius 2 is 1.82 bits per heavy atom. The van der Waals surface area contributed by atoms with Crippen molar-refractivity contribution in [3.05, 3.63) is 76.7 Å². The predicted octanol–water partition coefficient (Wildman–Crippen LogP) is 2.86. The molecule has 2 amide bonds. The van der Waals surface area contributed by atoms with E-state index in [1.54, 1.807) is 16.8 Å². The zero-order valence-electron chi connectivity index (χ0n) is 19.3. The normalized spacial score (nSPS) is 10.9. The van der Waals surface area contributed by atoms with Gasteiger partial charge in [0.1, 0.15) is 5.84 Å². The first-order valence-corrected chi connectivity index (χ1v) is 10.9. The van der Waals surface area contributed by atoms with Crippen LogP contribution >= 0.6 is 0 Å². The molecule has 0 fully saturated rings. The molecule has 174 valence electrons. The van der Waals surface area contributed by atoms with Crippen LogP contribution in [0, 0.1) is 26.2 Å². The molecule has 0 aliphatic carbocycles. The Morgan fingerprint density at radius 3 is 2.53 bits per heavy atom. The molecule has 34 heavy (non-hydrogen) atoms. The van der Waals surface area contributed by atoms with E-state index in [1.165, 1.54) is 0 Å². The van der Waals surface area contributed by atoms with Crippen molar-refractivity contribution in [1.82, 2.24) is 20.1 Å². The molecule has 0 radical (unpaired) electrons. The lowest BCUT2D eigenvalue weighted by atomic mass is 10.1. The van der Waals surface area contributed by atoms with E-state index >= 15 is 0 Å². The van der Waals surface area contributed by atoms with Crippen LogP contribution in [0.2, 0.25) is 0 Å². The zero-order valence-corrected chi connectivity index (χ0v) is 19.3. The molecule has 0 atom stereocenters. The van der Waals surface area contributed by atoms with Gasteiger partial charge in [-0.2, -0.15) is 5.10 Å². The average Bonchev–Trinajstić information content (AvgIpc) is 3.28. The lowest BCUT2D eigenvalue weighted by Crippen LogP contribution is -2.34. The average molecular weight is 458 g/mol. The van der Waals surface area contributed by atoms with Crippen molar-refractivity contribution < 1.29 is 9.59 Å². The molecule has 0 bridgehead atoms.